The molecule has 68 valence electrons. The molecule has 0 atom stereocenters. The smallest absolute Gasteiger partial charge is 0.335 e. The number of nitrogens with two attached hydrogens (primary N) is 1. The topological polar surface area (TPSA) is 52.3 Å². The number of halogens is 1. The lowest BCUT2D eigenvalue weighted by Gasteiger charge is -2.04. The van der Waals surface area contributed by atoms with Crippen LogP contribution in [0.4, 0.5) is 5.69 Å². The van der Waals surface area contributed by atoms with Crippen LogP contribution in [0.2, 0.25) is 0 Å². The second-order valence-electron chi connectivity index (χ2n) is 2.31. The Morgan fingerprint density at radius 2 is 2.31 bits per heavy atom. The van der Waals surface area contributed by atoms with Gasteiger partial charge in [0, 0.05) is 10.5 Å². The van der Waals surface area contributed by atoms with Crippen LogP contribution in [0.25, 0.3) is 0 Å². The Kier molecular flexibility index (Phi) is 3.08. The van der Waals surface area contributed by atoms with Crippen LogP contribution in [-0.2, 0) is 4.79 Å². The van der Waals surface area contributed by atoms with Crippen LogP contribution in [0, 0.1) is 0 Å². The molecule has 1 aromatic carbocycles. The van der Waals surface area contributed by atoms with Gasteiger partial charge in [0.05, 0.1) is 5.69 Å². The zero-order chi connectivity index (χ0) is 9.84. The Balaban J connectivity index is 2.93. The number of hydrogen-bond acceptors (Lipinski definition) is 3. The van der Waals surface area contributed by atoms with Gasteiger partial charge in [0.1, 0.15) is 0 Å². The average molecular weight is 242 g/mol. The van der Waals surface area contributed by atoms with Crippen LogP contribution in [0.15, 0.2) is 35.3 Å². The molecule has 0 aliphatic carbocycles. The van der Waals surface area contributed by atoms with Crippen LogP contribution in [0.5, 0.6) is 5.75 Å². The molecule has 0 radical (unpaired) electrons. The lowest BCUT2D eigenvalue weighted by atomic mass is 10.3. The Morgan fingerprint density at radius 1 is 1.62 bits per heavy atom. The lowest BCUT2D eigenvalue weighted by Crippen LogP contribution is -2.05. The van der Waals surface area contributed by atoms with Gasteiger partial charge in [-0.2, -0.15) is 0 Å². The monoisotopic (exact) mass is 241 g/mol. The molecule has 0 amide bonds. The number of carbonyl (C=O) groups excluding carboxylic acids is 1. The van der Waals surface area contributed by atoms with Gasteiger partial charge in [0.25, 0.3) is 0 Å². The highest BCUT2D eigenvalue weighted by atomic mass is 79.9. The summed E-state index contributed by atoms with van der Waals surface area (Å²) in [4.78, 5) is 10.8. The summed E-state index contributed by atoms with van der Waals surface area (Å²) in [6.07, 6.45) is 1.08. The van der Waals surface area contributed by atoms with Crippen molar-refractivity contribution in [1.82, 2.24) is 0 Å². The third kappa shape index (κ3) is 2.59. The van der Waals surface area contributed by atoms with Crippen molar-refractivity contribution in [3.63, 3.8) is 0 Å². The lowest BCUT2D eigenvalue weighted by molar-refractivity contribution is -0.128. The molecule has 0 aliphatic rings. The van der Waals surface area contributed by atoms with E-state index in [-0.39, 0.29) is 0 Å². The number of anilines is 1. The first-order chi connectivity index (χ1) is 6.13. The Hall–Kier alpha value is -1.29. The molecule has 0 spiro atoms. The SMILES string of the molecule is C=CC(=O)Oc1cc(Br)ccc1N. The molecule has 2 N–H and O–H groups in total. The minimum Gasteiger partial charge on any atom is -0.421 e. The van der Waals surface area contributed by atoms with Gasteiger partial charge in [-0.25, -0.2) is 4.79 Å². The highest BCUT2D eigenvalue weighted by Crippen LogP contribution is 2.25. The summed E-state index contributed by atoms with van der Waals surface area (Å²) in [5, 5.41) is 0. The van der Waals surface area contributed by atoms with Crippen molar-refractivity contribution in [2.24, 2.45) is 0 Å². The quantitative estimate of drug-likeness (QED) is 0.374. The summed E-state index contributed by atoms with van der Waals surface area (Å²) in [6, 6.07) is 5.03. The van der Waals surface area contributed by atoms with Crippen molar-refractivity contribution >= 4 is 27.6 Å². The van der Waals surface area contributed by atoms with Gasteiger partial charge in [-0.1, -0.05) is 22.5 Å². The number of esters is 1. The molecule has 1 rings (SSSR count). The summed E-state index contributed by atoms with van der Waals surface area (Å²) in [6.45, 7) is 3.28. The van der Waals surface area contributed by atoms with E-state index < -0.39 is 5.97 Å². The fraction of sp³-hybridized carbons (Fsp3) is 0. The van der Waals surface area contributed by atoms with Crippen molar-refractivity contribution in [1.29, 1.82) is 0 Å². The molecule has 0 saturated carbocycles. The van der Waals surface area contributed by atoms with Gasteiger partial charge in [-0.05, 0) is 18.2 Å². The van der Waals surface area contributed by atoms with Gasteiger partial charge in [0.15, 0.2) is 5.75 Å². The van der Waals surface area contributed by atoms with E-state index in [4.69, 9.17) is 10.5 Å². The number of carbonyl (C=O) groups is 1. The molecule has 0 bridgehead atoms. The molecule has 0 fully saturated rings. The predicted molar refractivity (Wildman–Crippen MR) is 54.4 cm³/mol. The minimum atomic E-state index is -0.523. The van der Waals surface area contributed by atoms with Gasteiger partial charge in [-0.15, -0.1) is 0 Å². The predicted octanol–water partition coefficient (Wildman–Crippen LogP) is 2.12. The Bertz CT molecular complexity index is 349. The van der Waals surface area contributed by atoms with E-state index >= 15 is 0 Å². The summed E-state index contributed by atoms with van der Waals surface area (Å²) in [5.41, 5.74) is 5.98. The van der Waals surface area contributed by atoms with Crippen molar-refractivity contribution in [3.8, 4) is 5.75 Å². The summed E-state index contributed by atoms with van der Waals surface area (Å²) in [5.74, 6) is -0.191. The van der Waals surface area contributed by atoms with Crippen LogP contribution in [0.3, 0.4) is 0 Å². The van der Waals surface area contributed by atoms with E-state index in [1.54, 1.807) is 18.2 Å². The maximum atomic E-state index is 10.8. The fourth-order valence-corrected chi connectivity index (χ4v) is 1.09. The second kappa shape index (κ2) is 4.09. The summed E-state index contributed by atoms with van der Waals surface area (Å²) >= 11 is 3.24. The molecule has 4 heteroatoms. The largest absolute Gasteiger partial charge is 0.421 e. The third-order valence-corrected chi connectivity index (χ3v) is 1.85. The highest BCUT2D eigenvalue weighted by Gasteiger charge is 2.04. The van der Waals surface area contributed by atoms with Crippen molar-refractivity contribution in [3.05, 3.63) is 35.3 Å². The first kappa shape index (κ1) is 9.80. The van der Waals surface area contributed by atoms with Crippen molar-refractivity contribution in [2.75, 3.05) is 5.73 Å². The van der Waals surface area contributed by atoms with Gasteiger partial charge in [-0.3, -0.25) is 0 Å². The molecular weight excluding hydrogens is 234 g/mol. The molecule has 0 aromatic heterocycles. The minimum absolute atomic E-state index is 0.333. The maximum Gasteiger partial charge on any atom is 0.335 e. The van der Waals surface area contributed by atoms with Crippen molar-refractivity contribution < 1.29 is 9.53 Å². The van der Waals surface area contributed by atoms with Crippen LogP contribution in [-0.4, -0.2) is 5.97 Å². The summed E-state index contributed by atoms with van der Waals surface area (Å²) in [7, 11) is 0. The molecule has 1 aromatic rings. The normalized spacial score (nSPS) is 9.31. The molecule has 0 unspecified atom stereocenters. The van der Waals surface area contributed by atoms with Crippen LogP contribution in [0.1, 0.15) is 0 Å². The van der Waals surface area contributed by atoms with Crippen LogP contribution >= 0.6 is 15.9 Å². The second-order valence-corrected chi connectivity index (χ2v) is 3.22. The van der Waals surface area contributed by atoms with E-state index in [1.165, 1.54) is 0 Å². The Morgan fingerprint density at radius 3 is 2.92 bits per heavy atom. The van der Waals surface area contributed by atoms with E-state index in [0.29, 0.717) is 11.4 Å². The number of ether oxygens (including phenoxy) is 1. The average Bonchev–Trinajstić information content (AvgIpc) is 2.11. The van der Waals surface area contributed by atoms with Gasteiger partial charge < -0.3 is 10.5 Å². The zero-order valence-electron chi connectivity index (χ0n) is 6.79. The number of hydrogen-bond donors (Lipinski definition) is 1. The highest BCUT2D eigenvalue weighted by molar-refractivity contribution is 9.10. The van der Waals surface area contributed by atoms with Gasteiger partial charge in [0.2, 0.25) is 0 Å². The third-order valence-electron chi connectivity index (χ3n) is 1.35. The number of rotatable bonds is 2. The number of nitrogen functional groups attached to an aromatic ring is 1. The van der Waals surface area contributed by atoms with Gasteiger partial charge >= 0.3 is 5.97 Å². The van der Waals surface area contributed by atoms with E-state index in [9.17, 15) is 4.79 Å². The maximum absolute atomic E-state index is 10.8. The summed E-state index contributed by atoms with van der Waals surface area (Å²) < 4.78 is 5.66. The number of benzene rings is 1. The van der Waals surface area contributed by atoms with Crippen LogP contribution < -0.4 is 10.5 Å². The first-order valence-electron chi connectivity index (χ1n) is 3.52. The van der Waals surface area contributed by atoms with E-state index in [1.807, 2.05) is 0 Å². The molecule has 3 nitrogen and oxygen atoms in total. The zero-order valence-corrected chi connectivity index (χ0v) is 8.37. The molecule has 0 heterocycles. The van der Waals surface area contributed by atoms with Crippen molar-refractivity contribution in [2.45, 2.75) is 0 Å². The van der Waals surface area contributed by atoms with E-state index in [2.05, 4.69) is 22.5 Å². The molecular formula is C9H8BrNO2. The molecule has 13 heavy (non-hydrogen) atoms. The fourth-order valence-electron chi connectivity index (χ4n) is 0.747. The standard InChI is InChI=1S/C9H8BrNO2/c1-2-9(12)13-8-5-6(10)3-4-7(8)11/h2-5H,1,11H2. The molecule has 0 saturated heterocycles. The van der Waals surface area contributed by atoms with E-state index in [0.717, 1.165) is 10.5 Å². The first-order valence-corrected chi connectivity index (χ1v) is 4.32. The Labute approximate surface area is 84.3 Å². The molecule has 0 aliphatic heterocycles.